The molecule has 0 saturated carbocycles. The van der Waals surface area contributed by atoms with Crippen molar-refractivity contribution in [3.05, 3.63) is 47.7 Å². The van der Waals surface area contributed by atoms with Crippen LogP contribution in [0.15, 0.2) is 42.1 Å². The Morgan fingerprint density at radius 1 is 1.00 bits per heavy atom. The summed E-state index contributed by atoms with van der Waals surface area (Å²) in [6.45, 7) is 3.20. The molecule has 0 aliphatic carbocycles. The third-order valence-electron chi connectivity index (χ3n) is 4.77. The average Bonchev–Trinajstić information content (AvgIpc) is 2.52. The summed E-state index contributed by atoms with van der Waals surface area (Å²) in [5, 5.41) is 1.70. The first-order valence-electron chi connectivity index (χ1n) is 7.75. The van der Waals surface area contributed by atoms with Crippen LogP contribution in [-0.4, -0.2) is 18.4 Å². The number of alkyl halides is 6. The lowest BCUT2D eigenvalue weighted by Gasteiger charge is -2.47. The largest absolute Gasteiger partial charge is 0.430 e. The molecule has 0 aromatic heterocycles. The zero-order chi connectivity index (χ0) is 18.2. The van der Waals surface area contributed by atoms with Crippen molar-refractivity contribution >= 4 is 0 Å². The van der Waals surface area contributed by atoms with Crippen LogP contribution in [0.4, 0.5) is 26.3 Å². The van der Waals surface area contributed by atoms with Gasteiger partial charge in [-0.2, -0.15) is 26.3 Å². The van der Waals surface area contributed by atoms with E-state index in [0.29, 0.717) is 5.56 Å². The van der Waals surface area contributed by atoms with Gasteiger partial charge in [0.25, 0.3) is 0 Å². The molecule has 0 radical (unpaired) electrons. The number of benzene rings is 1. The molecule has 3 unspecified atom stereocenters. The van der Waals surface area contributed by atoms with Crippen LogP contribution in [0, 0.1) is 5.92 Å². The van der Waals surface area contributed by atoms with Gasteiger partial charge in [0, 0.05) is 11.3 Å². The Bertz CT molecular complexity index is 589. The zero-order valence-electron chi connectivity index (χ0n) is 13.3. The highest BCUT2D eigenvalue weighted by Crippen LogP contribution is 2.49. The second-order valence-electron chi connectivity index (χ2n) is 5.99. The maximum absolute atomic E-state index is 13.5. The average molecular weight is 351 g/mol. The van der Waals surface area contributed by atoms with Gasteiger partial charge in [-0.1, -0.05) is 44.2 Å². The summed E-state index contributed by atoms with van der Waals surface area (Å²) in [6.07, 6.45) is -8.46. The molecule has 1 aliphatic heterocycles. The summed E-state index contributed by atoms with van der Waals surface area (Å²) in [5.74, 6) is -1.03. The van der Waals surface area contributed by atoms with Crippen LogP contribution in [-0.2, 0) is 5.41 Å². The fraction of sp³-hybridized carbons (Fsp3) is 0.529. The molecule has 0 saturated heterocycles. The van der Waals surface area contributed by atoms with Crippen molar-refractivity contribution in [3.8, 4) is 0 Å². The monoisotopic (exact) mass is 351 g/mol. The molecule has 1 aromatic rings. The highest BCUT2D eigenvalue weighted by atomic mass is 19.4. The predicted molar refractivity (Wildman–Crippen MR) is 79.3 cm³/mol. The van der Waals surface area contributed by atoms with Crippen molar-refractivity contribution < 1.29 is 26.3 Å². The van der Waals surface area contributed by atoms with Gasteiger partial charge >= 0.3 is 12.4 Å². The second-order valence-corrected chi connectivity index (χ2v) is 5.99. The fourth-order valence-corrected chi connectivity index (χ4v) is 3.66. The van der Waals surface area contributed by atoms with Crippen molar-refractivity contribution in [2.24, 2.45) is 5.92 Å². The van der Waals surface area contributed by atoms with E-state index in [1.807, 2.05) is 0 Å². The van der Waals surface area contributed by atoms with Crippen LogP contribution in [0.5, 0.6) is 0 Å². The molecular formula is C17H19F6N. The molecule has 1 aromatic carbocycles. The van der Waals surface area contributed by atoms with Gasteiger partial charge in [-0.3, -0.25) is 0 Å². The lowest BCUT2D eigenvalue weighted by Crippen LogP contribution is -2.58. The molecule has 1 N–H and O–H groups in total. The molecular weight excluding hydrogens is 332 g/mol. The summed E-state index contributed by atoms with van der Waals surface area (Å²) in [5.41, 5.74) is -2.18. The number of hydrogen-bond donors (Lipinski definition) is 1. The Balaban J connectivity index is 2.71. The second kappa shape index (κ2) is 6.33. The Kier molecular flexibility index (Phi) is 4.93. The molecule has 0 bridgehead atoms. The summed E-state index contributed by atoms with van der Waals surface area (Å²) >= 11 is 0. The number of hydrogen-bond acceptors (Lipinski definition) is 1. The number of nitrogens with one attached hydrogen (secondary N) is 1. The topological polar surface area (TPSA) is 12.0 Å². The molecule has 1 nitrogen and oxygen atoms in total. The standard InChI is InChI=1S/C17H19F6N/c1-3-12-14(17(21,22)23)24-13(16(18,19)20)10-15(12,4-2)11-8-6-5-7-9-11/h5-10,12,14,24H,3-4H2,1-2H3. The third kappa shape index (κ3) is 3.26. The maximum atomic E-state index is 13.5. The highest BCUT2D eigenvalue weighted by molar-refractivity contribution is 5.38. The number of rotatable bonds is 3. The van der Waals surface area contributed by atoms with Crippen LogP contribution >= 0.6 is 0 Å². The Morgan fingerprint density at radius 3 is 2.00 bits per heavy atom. The molecule has 1 aliphatic rings. The van der Waals surface area contributed by atoms with E-state index in [-0.39, 0.29) is 12.8 Å². The molecule has 1 heterocycles. The first-order valence-corrected chi connectivity index (χ1v) is 7.75. The Hall–Kier alpha value is -1.66. The first kappa shape index (κ1) is 18.7. The van der Waals surface area contributed by atoms with Crippen molar-refractivity contribution in [1.82, 2.24) is 5.32 Å². The molecule has 7 heteroatoms. The van der Waals surface area contributed by atoms with E-state index in [4.69, 9.17) is 0 Å². The van der Waals surface area contributed by atoms with E-state index in [1.54, 1.807) is 49.5 Å². The highest BCUT2D eigenvalue weighted by Gasteiger charge is 2.56. The number of halogens is 6. The summed E-state index contributed by atoms with van der Waals surface area (Å²) in [4.78, 5) is 0. The van der Waals surface area contributed by atoms with Crippen LogP contribution in [0.25, 0.3) is 0 Å². The van der Waals surface area contributed by atoms with Crippen molar-refractivity contribution in [2.75, 3.05) is 0 Å². The minimum absolute atomic E-state index is 0.0988. The van der Waals surface area contributed by atoms with Gasteiger partial charge in [0.05, 0.1) is 0 Å². The molecule has 3 atom stereocenters. The van der Waals surface area contributed by atoms with E-state index in [9.17, 15) is 26.3 Å². The predicted octanol–water partition coefficient (Wildman–Crippen LogP) is 5.34. The zero-order valence-corrected chi connectivity index (χ0v) is 13.3. The van der Waals surface area contributed by atoms with Crippen molar-refractivity contribution in [2.45, 2.75) is 50.5 Å². The molecule has 24 heavy (non-hydrogen) atoms. The molecule has 0 fully saturated rings. The molecule has 134 valence electrons. The SMILES string of the molecule is CCC1C(C(F)(F)F)NC(C(F)(F)F)=CC1(CC)c1ccccc1. The van der Waals surface area contributed by atoms with Gasteiger partial charge in [-0.15, -0.1) is 0 Å². The van der Waals surface area contributed by atoms with Gasteiger partial charge < -0.3 is 5.32 Å². The maximum Gasteiger partial charge on any atom is 0.430 e. The quantitative estimate of drug-likeness (QED) is 0.725. The Labute approximate surface area is 136 Å². The van der Waals surface area contributed by atoms with E-state index < -0.39 is 35.4 Å². The Morgan fingerprint density at radius 2 is 1.58 bits per heavy atom. The van der Waals surface area contributed by atoms with E-state index in [0.717, 1.165) is 6.08 Å². The fourth-order valence-electron chi connectivity index (χ4n) is 3.66. The smallest absolute Gasteiger partial charge is 0.370 e. The van der Waals surface area contributed by atoms with Crippen LogP contribution < -0.4 is 5.32 Å². The normalized spacial score (nSPS) is 28.2. The summed E-state index contributed by atoms with van der Waals surface area (Å²) in [7, 11) is 0. The van der Waals surface area contributed by atoms with Gasteiger partial charge in [0.15, 0.2) is 0 Å². The lowest BCUT2D eigenvalue weighted by molar-refractivity contribution is -0.181. The third-order valence-corrected chi connectivity index (χ3v) is 4.77. The van der Waals surface area contributed by atoms with Crippen molar-refractivity contribution in [3.63, 3.8) is 0 Å². The van der Waals surface area contributed by atoms with E-state index in [1.165, 1.54) is 0 Å². The van der Waals surface area contributed by atoms with Crippen LogP contribution in [0.2, 0.25) is 0 Å². The summed E-state index contributed by atoms with van der Waals surface area (Å²) in [6, 6.07) is 5.88. The molecule has 0 spiro atoms. The summed E-state index contributed by atoms with van der Waals surface area (Å²) < 4.78 is 80.1. The van der Waals surface area contributed by atoms with Gasteiger partial charge in [-0.25, -0.2) is 0 Å². The first-order chi connectivity index (χ1) is 11.1. The van der Waals surface area contributed by atoms with E-state index >= 15 is 0 Å². The number of allylic oxidation sites excluding steroid dienone is 2. The minimum atomic E-state index is -4.86. The van der Waals surface area contributed by atoms with Gasteiger partial charge in [0.1, 0.15) is 11.7 Å². The van der Waals surface area contributed by atoms with Crippen LogP contribution in [0.3, 0.4) is 0 Å². The lowest BCUT2D eigenvalue weighted by atomic mass is 9.62. The van der Waals surface area contributed by atoms with Crippen molar-refractivity contribution in [1.29, 1.82) is 0 Å². The molecule has 2 rings (SSSR count). The van der Waals surface area contributed by atoms with Gasteiger partial charge in [-0.05, 0) is 24.5 Å². The molecule has 0 amide bonds. The van der Waals surface area contributed by atoms with E-state index in [2.05, 4.69) is 0 Å². The van der Waals surface area contributed by atoms with Crippen LogP contribution in [0.1, 0.15) is 32.3 Å². The minimum Gasteiger partial charge on any atom is -0.370 e. The van der Waals surface area contributed by atoms with Gasteiger partial charge in [0.2, 0.25) is 0 Å².